The second-order valence-corrected chi connectivity index (χ2v) is 10.2. The van der Waals surface area contributed by atoms with Crippen LogP contribution in [0.2, 0.25) is 0 Å². The summed E-state index contributed by atoms with van der Waals surface area (Å²) in [5.41, 5.74) is 1.94. The Hall–Kier alpha value is -3.15. The molecule has 12 heteroatoms. The molecule has 4 heterocycles. The highest BCUT2D eigenvalue weighted by molar-refractivity contribution is 7.16. The van der Waals surface area contributed by atoms with Crippen molar-refractivity contribution in [3.63, 3.8) is 0 Å². The van der Waals surface area contributed by atoms with E-state index in [1.54, 1.807) is 29.5 Å². The summed E-state index contributed by atoms with van der Waals surface area (Å²) in [6, 6.07) is 5.28. The van der Waals surface area contributed by atoms with E-state index in [0.29, 0.717) is 65.5 Å². The number of carbonyl (C=O) groups is 1. The van der Waals surface area contributed by atoms with Gasteiger partial charge in [-0.2, -0.15) is 18.3 Å². The molecule has 0 aliphatic carbocycles. The lowest BCUT2D eigenvalue weighted by Crippen LogP contribution is -2.54. The van der Waals surface area contributed by atoms with Gasteiger partial charge in [0.05, 0.1) is 6.61 Å². The summed E-state index contributed by atoms with van der Waals surface area (Å²) in [4.78, 5) is 24.9. The highest BCUT2D eigenvalue weighted by Gasteiger charge is 2.38. The molecule has 2 aliphatic heterocycles. The Kier molecular flexibility index (Phi) is 6.39. The van der Waals surface area contributed by atoms with Gasteiger partial charge in [0.2, 0.25) is 10.9 Å². The van der Waals surface area contributed by atoms with Gasteiger partial charge in [0.1, 0.15) is 34.6 Å². The molecule has 36 heavy (non-hydrogen) atoms. The Morgan fingerprint density at radius 3 is 2.72 bits per heavy atom. The van der Waals surface area contributed by atoms with E-state index in [4.69, 9.17) is 4.74 Å². The third-order valence-electron chi connectivity index (χ3n) is 6.52. The van der Waals surface area contributed by atoms with Crippen LogP contribution < -0.4 is 9.64 Å². The summed E-state index contributed by atoms with van der Waals surface area (Å²) in [6.07, 6.45) is -2.85. The standard InChI is InChI=1S/C24H27F3N6O2S/c1-14-12-31(8-9-32(14)20(34)13-33-16(3)28-15(2)30-33)22-21(29-23(36-22)24(25,26)27)18-6-7-19-17(11-18)5-4-10-35-19/h6-7,11,14H,4-5,8-10,12-13H2,1-3H3. The van der Waals surface area contributed by atoms with E-state index in [0.717, 1.165) is 24.2 Å². The van der Waals surface area contributed by atoms with Gasteiger partial charge in [-0.15, -0.1) is 0 Å². The predicted octanol–water partition coefficient (Wildman–Crippen LogP) is 4.10. The number of rotatable bonds is 4. The van der Waals surface area contributed by atoms with Crippen LogP contribution in [-0.2, 0) is 23.9 Å². The number of alkyl halides is 3. The largest absolute Gasteiger partial charge is 0.493 e. The van der Waals surface area contributed by atoms with Crippen molar-refractivity contribution < 1.29 is 22.7 Å². The van der Waals surface area contributed by atoms with Gasteiger partial charge in [0.25, 0.3) is 0 Å². The molecule has 0 N–H and O–H groups in total. The van der Waals surface area contributed by atoms with Crippen LogP contribution in [0, 0.1) is 13.8 Å². The zero-order chi connectivity index (χ0) is 25.6. The number of amides is 1. The van der Waals surface area contributed by atoms with E-state index >= 15 is 0 Å². The van der Waals surface area contributed by atoms with Gasteiger partial charge in [-0.05, 0) is 57.4 Å². The van der Waals surface area contributed by atoms with E-state index in [2.05, 4.69) is 15.1 Å². The normalized spacial score (nSPS) is 18.2. The third-order valence-corrected chi connectivity index (χ3v) is 7.68. The average molecular weight is 521 g/mol. The number of ether oxygens (including phenoxy) is 1. The Morgan fingerprint density at radius 2 is 2.03 bits per heavy atom. The number of nitrogens with zero attached hydrogens (tertiary/aromatic N) is 6. The van der Waals surface area contributed by atoms with Crippen molar-refractivity contribution in [3.05, 3.63) is 40.4 Å². The van der Waals surface area contributed by atoms with Gasteiger partial charge >= 0.3 is 6.18 Å². The molecule has 1 amide bonds. The molecule has 192 valence electrons. The monoisotopic (exact) mass is 520 g/mol. The third kappa shape index (κ3) is 4.78. The molecule has 0 saturated carbocycles. The SMILES string of the molecule is Cc1nc(C)n(CC(=O)N2CCN(c3sc(C(F)(F)F)nc3-c3ccc4c(c3)CCCO4)CC2C)n1. The van der Waals surface area contributed by atoms with Crippen LogP contribution >= 0.6 is 11.3 Å². The van der Waals surface area contributed by atoms with Crippen LogP contribution in [0.15, 0.2) is 18.2 Å². The lowest BCUT2D eigenvalue weighted by atomic mass is 10.0. The number of aryl methyl sites for hydroxylation is 3. The fraction of sp³-hybridized carbons (Fsp3) is 0.500. The smallest absolute Gasteiger partial charge is 0.443 e. The average Bonchev–Trinajstić information content (AvgIpc) is 3.42. The van der Waals surface area contributed by atoms with Gasteiger partial charge in [0.15, 0.2) is 0 Å². The number of thiazole rings is 1. The lowest BCUT2D eigenvalue weighted by molar-refractivity contribution is -0.137. The van der Waals surface area contributed by atoms with Gasteiger partial charge < -0.3 is 14.5 Å². The van der Waals surface area contributed by atoms with Crippen LogP contribution in [-0.4, -0.2) is 62.8 Å². The molecule has 8 nitrogen and oxygen atoms in total. The van der Waals surface area contributed by atoms with Crippen molar-refractivity contribution in [3.8, 4) is 17.0 Å². The summed E-state index contributed by atoms with van der Waals surface area (Å²) < 4.78 is 48.2. The fourth-order valence-electron chi connectivity index (χ4n) is 4.79. The summed E-state index contributed by atoms with van der Waals surface area (Å²) in [5.74, 6) is 1.95. The number of hydrogen-bond acceptors (Lipinski definition) is 7. The summed E-state index contributed by atoms with van der Waals surface area (Å²) in [5, 5.41) is 3.86. The lowest BCUT2D eigenvalue weighted by Gasteiger charge is -2.40. The Labute approximate surface area is 210 Å². The quantitative estimate of drug-likeness (QED) is 0.516. The molecule has 0 spiro atoms. The van der Waals surface area contributed by atoms with Gasteiger partial charge in [-0.3, -0.25) is 4.79 Å². The minimum Gasteiger partial charge on any atom is -0.493 e. The zero-order valence-corrected chi connectivity index (χ0v) is 21.1. The van der Waals surface area contributed by atoms with Crippen molar-refractivity contribution in [1.29, 1.82) is 0 Å². The maximum atomic E-state index is 13.7. The number of anilines is 1. The van der Waals surface area contributed by atoms with Crippen LogP contribution in [0.1, 0.15) is 35.6 Å². The summed E-state index contributed by atoms with van der Waals surface area (Å²) in [6.45, 7) is 7.40. The topological polar surface area (TPSA) is 76.4 Å². The van der Waals surface area contributed by atoms with E-state index in [1.165, 1.54) is 0 Å². The molecule has 1 fully saturated rings. The first kappa shape index (κ1) is 24.5. The van der Waals surface area contributed by atoms with E-state index < -0.39 is 11.2 Å². The molecular weight excluding hydrogens is 493 g/mol. The van der Waals surface area contributed by atoms with Crippen LogP contribution in [0.4, 0.5) is 18.2 Å². The van der Waals surface area contributed by atoms with Crippen molar-refractivity contribution in [2.45, 2.75) is 52.4 Å². The van der Waals surface area contributed by atoms with Crippen molar-refractivity contribution in [1.82, 2.24) is 24.6 Å². The maximum Gasteiger partial charge on any atom is 0.443 e. The minimum atomic E-state index is -4.54. The minimum absolute atomic E-state index is 0.0816. The zero-order valence-electron chi connectivity index (χ0n) is 20.3. The predicted molar refractivity (Wildman–Crippen MR) is 129 cm³/mol. The Morgan fingerprint density at radius 1 is 1.22 bits per heavy atom. The molecule has 3 aromatic rings. The highest BCUT2D eigenvalue weighted by Crippen LogP contribution is 2.44. The molecule has 5 rings (SSSR count). The number of piperazine rings is 1. The maximum absolute atomic E-state index is 13.7. The Bertz CT molecular complexity index is 1290. The van der Waals surface area contributed by atoms with Crippen molar-refractivity contribution >= 4 is 22.2 Å². The number of benzene rings is 1. The fourth-order valence-corrected chi connectivity index (χ4v) is 5.78. The molecule has 0 radical (unpaired) electrons. The first-order valence-corrected chi connectivity index (χ1v) is 12.7. The molecule has 1 saturated heterocycles. The molecular formula is C24H27F3N6O2S. The van der Waals surface area contributed by atoms with Crippen molar-refractivity contribution in [2.75, 3.05) is 31.1 Å². The number of aromatic nitrogens is 4. The van der Waals surface area contributed by atoms with E-state index in [1.807, 2.05) is 24.0 Å². The van der Waals surface area contributed by atoms with Crippen LogP contribution in [0.5, 0.6) is 5.75 Å². The summed E-state index contributed by atoms with van der Waals surface area (Å²) in [7, 11) is 0. The van der Waals surface area contributed by atoms with E-state index in [9.17, 15) is 18.0 Å². The highest BCUT2D eigenvalue weighted by atomic mass is 32.1. The molecule has 2 aromatic heterocycles. The Balaban J connectivity index is 1.39. The number of hydrogen-bond donors (Lipinski definition) is 0. The van der Waals surface area contributed by atoms with Gasteiger partial charge in [-0.1, -0.05) is 11.3 Å². The molecule has 2 aliphatic rings. The second kappa shape index (κ2) is 9.38. The van der Waals surface area contributed by atoms with Crippen LogP contribution in [0.25, 0.3) is 11.3 Å². The number of carbonyl (C=O) groups excluding carboxylic acids is 1. The molecule has 1 aromatic carbocycles. The van der Waals surface area contributed by atoms with Gasteiger partial charge in [0, 0.05) is 31.2 Å². The first-order valence-electron chi connectivity index (χ1n) is 11.9. The second-order valence-electron chi connectivity index (χ2n) is 9.19. The van der Waals surface area contributed by atoms with Crippen molar-refractivity contribution in [2.24, 2.45) is 0 Å². The van der Waals surface area contributed by atoms with E-state index in [-0.39, 0.29) is 18.5 Å². The number of fused-ring (bicyclic) bond motifs is 1. The first-order chi connectivity index (χ1) is 17.1. The number of halogens is 3. The summed E-state index contributed by atoms with van der Waals surface area (Å²) >= 11 is 0.657. The molecule has 0 bridgehead atoms. The van der Waals surface area contributed by atoms with Crippen LogP contribution in [0.3, 0.4) is 0 Å². The molecule has 1 atom stereocenters. The molecule has 1 unspecified atom stereocenters. The van der Waals surface area contributed by atoms with Gasteiger partial charge in [-0.25, -0.2) is 14.6 Å².